The van der Waals surface area contributed by atoms with Gasteiger partial charge in [0, 0.05) is 37.5 Å². The quantitative estimate of drug-likeness (QED) is 0.767. The average molecular weight is 389 g/mol. The first-order valence-corrected chi connectivity index (χ1v) is 9.13. The molecule has 0 radical (unpaired) electrons. The van der Waals surface area contributed by atoms with Crippen molar-refractivity contribution in [1.29, 1.82) is 0 Å². The van der Waals surface area contributed by atoms with Gasteiger partial charge in [-0.1, -0.05) is 41.4 Å². The number of anilines is 1. The Labute approximate surface area is 165 Å². The van der Waals surface area contributed by atoms with Gasteiger partial charge in [-0.25, -0.2) is 0 Å². The zero-order valence-electron chi connectivity index (χ0n) is 16.1. The van der Waals surface area contributed by atoms with Gasteiger partial charge in [-0.3, -0.25) is 9.59 Å². The van der Waals surface area contributed by atoms with Gasteiger partial charge in [0.05, 0.1) is 12.8 Å². The molecule has 5 nitrogen and oxygen atoms in total. The highest BCUT2D eigenvalue weighted by Crippen LogP contribution is 2.31. The second-order valence-electron chi connectivity index (χ2n) is 6.53. The molecule has 144 valence electrons. The largest absolute Gasteiger partial charge is 0.495 e. The standard InChI is InChI=1S/C21H25ClN2O3/c1-14-6-5-7-17(10-14)13-24(16(3)25)9-8-21(26)23-19-11-15(2)18(22)12-20(19)27-4/h5-7,10-12H,8-9,13H2,1-4H3,(H,23,26). The first-order valence-electron chi connectivity index (χ1n) is 8.75. The number of halogens is 1. The van der Waals surface area contributed by atoms with E-state index in [1.165, 1.54) is 14.0 Å². The molecule has 0 atom stereocenters. The van der Waals surface area contributed by atoms with Crippen molar-refractivity contribution in [3.63, 3.8) is 0 Å². The summed E-state index contributed by atoms with van der Waals surface area (Å²) >= 11 is 6.09. The third-order valence-corrected chi connectivity index (χ3v) is 4.67. The van der Waals surface area contributed by atoms with E-state index in [1.807, 2.05) is 38.1 Å². The van der Waals surface area contributed by atoms with E-state index in [1.54, 1.807) is 17.0 Å². The van der Waals surface area contributed by atoms with Gasteiger partial charge in [-0.2, -0.15) is 0 Å². The Bertz CT molecular complexity index is 836. The Morgan fingerprint density at radius 1 is 1.19 bits per heavy atom. The summed E-state index contributed by atoms with van der Waals surface area (Å²) in [6.07, 6.45) is 0.191. The van der Waals surface area contributed by atoms with Gasteiger partial charge in [-0.05, 0) is 31.0 Å². The Kier molecular flexibility index (Phi) is 7.25. The van der Waals surface area contributed by atoms with Crippen LogP contribution in [0.3, 0.4) is 0 Å². The maximum Gasteiger partial charge on any atom is 0.226 e. The van der Waals surface area contributed by atoms with Crippen LogP contribution in [-0.4, -0.2) is 30.4 Å². The number of ether oxygens (including phenoxy) is 1. The lowest BCUT2D eigenvalue weighted by atomic mass is 10.1. The molecule has 0 saturated carbocycles. The molecule has 2 amide bonds. The van der Waals surface area contributed by atoms with Gasteiger partial charge < -0.3 is 15.0 Å². The van der Waals surface area contributed by atoms with Crippen molar-refractivity contribution in [2.75, 3.05) is 19.0 Å². The first-order chi connectivity index (χ1) is 12.8. The molecule has 0 aromatic heterocycles. The molecule has 2 aromatic carbocycles. The molecule has 0 aliphatic heterocycles. The van der Waals surface area contributed by atoms with Gasteiger partial charge in [0.2, 0.25) is 11.8 Å². The highest BCUT2D eigenvalue weighted by molar-refractivity contribution is 6.31. The summed E-state index contributed by atoms with van der Waals surface area (Å²) in [5, 5.41) is 3.41. The number of carbonyl (C=O) groups is 2. The number of methoxy groups -OCH3 is 1. The zero-order chi connectivity index (χ0) is 20.0. The second-order valence-corrected chi connectivity index (χ2v) is 6.94. The van der Waals surface area contributed by atoms with E-state index in [0.29, 0.717) is 29.5 Å². The lowest BCUT2D eigenvalue weighted by molar-refractivity contribution is -0.129. The van der Waals surface area contributed by atoms with E-state index in [2.05, 4.69) is 5.32 Å². The molecule has 0 fully saturated rings. The number of hydrogen-bond acceptors (Lipinski definition) is 3. The Morgan fingerprint density at radius 2 is 1.93 bits per heavy atom. The Hall–Kier alpha value is -2.53. The molecule has 6 heteroatoms. The third kappa shape index (κ3) is 6.00. The molecule has 1 N–H and O–H groups in total. The van der Waals surface area contributed by atoms with Crippen molar-refractivity contribution in [3.8, 4) is 5.75 Å². The van der Waals surface area contributed by atoms with Gasteiger partial charge >= 0.3 is 0 Å². The van der Waals surface area contributed by atoms with Crippen molar-refractivity contribution >= 4 is 29.1 Å². The summed E-state index contributed by atoms with van der Waals surface area (Å²) in [5.41, 5.74) is 3.59. The maximum atomic E-state index is 12.4. The summed E-state index contributed by atoms with van der Waals surface area (Å²) < 4.78 is 5.27. The summed E-state index contributed by atoms with van der Waals surface area (Å²) in [6, 6.07) is 11.4. The molecule has 0 heterocycles. The number of aryl methyl sites for hydroxylation is 2. The van der Waals surface area contributed by atoms with Crippen LogP contribution >= 0.6 is 11.6 Å². The average Bonchev–Trinajstić information content (AvgIpc) is 2.61. The molecular weight excluding hydrogens is 364 g/mol. The molecule has 2 rings (SSSR count). The maximum absolute atomic E-state index is 12.4. The molecule has 2 aromatic rings. The first kappa shape index (κ1) is 20.8. The minimum Gasteiger partial charge on any atom is -0.495 e. The number of amides is 2. The number of nitrogens with one attached hydrogen (secondary N) is 1. The van der Waals surface area contributed by atoms with E-state index >= 15 is 0 Å². The lowest BCUT2D eigenvalue weighted by Crippen LogP contribution is -2.31. The zero-order valence-corrected chi connectivity index (χ0v) is 16.9. The molecule has 27 heavy (non-hydrogen) atoms. The van der Waals surface area contributed by atoms with Gasteiger partial charge in [0.1, 0.15) is 5.75 Å². The van der Waals surface area contributed by atoms with Crippen molar-refractivity contribution in [3.05, 3.63) is 58.1 Å². The van der Waals surface area contributed by atoms with Crippen LogP contribution in [-0.2, 0) is 16.1 Å². The molecule has 0 saturated heterocycles. The Balaban J connectivity index is 2.00. The number of nitrogens with zero attached hydrogens (tertiary/aromatic N) is 1. The van der Waals surface area contributed by atoms with Crippen LogP contribution in [0.2, 0.25) is 5.02 Å². The minimum absolute atomic E-state index is 0.0655. The monoisotopic (exact) mass is 388 g/mol. The van der Waals surface area contributed by atoms with Crippen LogP contribution in [0.4, 0.5) is 5.69 Å². The Morgan fingerprint density at radius 3 is 2.56 bits per heavy atom. The smallest absolute Gasteiger partial charge is 0.226 e. The van der Waals surface area contributed by atoms with Crippen molar-refractivity contribution in [2.24, 2.45) is 0 Å². The van der Waals surface area contributed by atoms with Crippen LogP contribution in [0.15, 0.2) is 36.4 Å². The molecular formula is C21H25ClN2O3. The van der Waals surface area contributed by atoms with Crippen LogP contribution in [0.1, 0.15) is 30.0 Å². The number of benzene rings is 2. The van der Waals surface area contributed by atoms with Crippen LogP contribution in [0, 0.1) is 13.8 Å². The summed E-state index contributed by atoms with van der Waals surface area (Å²) in [4.78, 5) is 26.0. The number of hydrogen-bond donors (Lipinski definition) is 1. The summed E-state index contributed by atoms with van der Waals surface area (Å²) in [6.45, 7) is 6.20. The van der Waals surface area contributed by atoms with E-state index in [4.69, 9.17) is 16.3 Å². The number of rotatable bonds is 7. The highest BCUT2D eigenvalue weighted by atomic mass is 35.5. The SMILES string of the molecule is COc1cc(Cl)c(C)cc1NC(=O)CCN(Cc1cccc(C)c1)C(C)=O. The summed E-state index contributed by atoms with van der Waals surface area (Å²) in [5.74, 6) is 0.247. The fourth-order valence-electron chi connectivity index (χ4n) is 2.76. The van der Waals surface area contributed by atoms with Crippen molar-refractivity contribution in [1.82, 2.24) is 4.90 Å². The number of carbonyl (C=O) groups excluding carboxylic acids is 2. The predicted molar refractivity (Wildman–Crippen MR) is 108 cm³/mol. The van der Waals surface area contributed by atoms with Crippen LogP contribution < -0.4 is 10.1 Å². The molecule has 0 unspecified atom stereocenters. The highest BCUT2D eigenvalue weighted by Gasteiger charge is 2.14. The third-order valence-electron chi connectivity index (χ3n) is 4.26. The molecule has 0 aliphatic rings. The van der Waals surface area contributed by atoms with Gasteiger partial charge in [0.25, 0.3) is 0 Å². The normalized spacial score (nSPS) is 10.4. The lowest BCUT2D eigenvalue weighted by Gasteiger charge is -2.21. The van der Waals surface area contributed by atoms with E-state index < -0.39 is 0 Å². The molecule has 0 spiro atoms. The van der Waals surface area contributed by atoms with Crippen LogP contribution in [0.25, 0.3) is 0 Å². The van der Waals surface area contributed by atoms with Crippen molar-refractivity contribution in [2.45, 2.75) is 33.7 Å². The predicted octanol–water partition coefficient (Wildman–Crippen LogP) is 4.34. The van der Waals surface area contributed by atoms with Crippen molar-refractivity contribution < 1.29 is 14.3 Å². The topological polar surface area (TPSA) is 58.6 Å². The minimum atomic E-state index is -0.189. The van der Waals surface area contributed by atoms with E-state index in [9.17, 15) is 9.59 Å². The fourth-order valence-corrected chi connectivity index (χ4v) is 2.91. The van der Waals surface area contributed by atoms with E-state index in [0.717, 1.165) is 16.7 Å². The van der Waals surface area contributed by atoms with Gasteiger partial charge in [-0.15, -0.1) is 0 Å². The molecule has 0 aliphatic carbocycles. The molecule has 0 bridgehead atoms. The summed E-state index contributed by atoms with van der Waals surface area (Å²) in [7, 11) is 1.52. The fraction of sp³-hybridized carbons (Fsp3) is 0.333. The van der Waals surface area contributed by atoms with Crippen LogP contribution in [0.5, 0.6) is 5.75 Å². The van der Waals surface area contributed by atoms with E-state index in [-0.39, 0.29) is 18.2 Å². The second kappa shape index (κ2) is 9.42. The van der Waals surface area contributed by atoms with Gasteiger partial charge in [0.15, 0.2) is 0 Å².